The van der Waals surface area contributed by atoms with Crippen LogP contribution >= 0.6 is 0 Å². The van der Waals surface area contributed by atoms with Crippen molar-refractivity contribution in [2.45, 2.75) is 33.1 Å². The number of hydrogen-bond donors (Lipinski definition) is 2. The maximum atomic E-state index is 12.1. The van der Waals surface area contributed by atoms with Crippen molar-refractivity contribution < 1.29 is 28.5 Å². The Morgan fingerprint density at radius 2 is 1.03 bits per heavy atom. The normalized spacial score (nSPS) is 10.5. The van der Waals surface area contributed by atoms with Crippen molar-refractivity contribution in [2.75, 3.05) is 50.3 Å². The lowest BCUT2D eigenvalue weighted by molar-refractivity contribution is -0.117. The molecule has 0 unspecified atom stereocenters. The summed E-state index contributed by atoms with van der Waals surface area (Å²) in [5, 5.41) is 5.65. The van der Waals surface area contributed by atoms with E-state index in [1.54, 1.807) is 48.5 Å². The van der Waals surface area contributed by atoms with Crippen LogP contribution in [0, 0.1) is 0 Å². The SMILES string of the molecule is CCOCCOc1ccc(NC(=O)CCCC(=O)Nc2ccc(OCCOCC)cc2)cc1. The van der Waals surface area contributed by atoms with Crippen molar-refractivity contribution in [1.29, 1.82) is 0 Å². The van der Waals surface area contributed by atoms with Crippen LogP contribution < -0.4 is 20.1 Å². The molecular weight excluding hydrogens is 424 g/mol. The first kappa shape index (κ1) is 26.2. The molecule has 0 saturated heterocycles. The largest absolute Gasteiger partial charge is 0.491 e. The number of carbonyl (C=O) groups is 2. The third kappa shape index (κ3) is 11.4. The predicted octanol–water partition coefficient (Wildman–Crippen LogP) is 4.26. The molecule has 8 heteroatoms. The lowest BCUT2D eigenvalue weighted by Gasteiger charge is -2.09. The highest BCUT2D eigenvalue weighted by atomic mass is 16.5. The minimum Gasteiger partial charge on any atom is -0.491 e. The van der Waals surface area contributed by atoms with Crippen molar-refractivity contribution in [3.8, 4) is 11.5 Å². The number of nitrogens with one attached hydrogen (secondary N) is 2. The summed E-state index contributed by atoms with van der Waals surface area (Å²) < 4.78 is 21.5. The van der Waals surface area contributed by atoms with E-state index in [0.717, 1.165) is 11.5 Å². The molecular formula is C25H34N2O6. The molecule has 2 N–H and O–H groups in total. The monoisotopic (exact) mass is 458 g/mol. The quantitative estimate of drug-likeness (QED) is 0.365. The van der Waals surface area contributed by atoms with E-state index in [1.165, 1.54) is 0 Å². The third-order valence-electron chi connectivity index (χ3n) is 4.48. The summed E-state index contributed by atoms with van der Waals surface area (Å²) in [6.45, 7) is 7.23. The molecule has 0 aliphatic heterocycles. The van der Waals surface area contributed by atoms with Gasteiger partial charge < -0.3 is 29.6 Å². The fourth-order valence-corrected chi connectivity index (χ4v) is 2.85. The number of rotatable bonds is 16. The lowest BCUT2D eigenvalue weighted by Crippen LogP contribution is -2.15. The van der Waals surface area contributed by atoms with Gasteiger partial charge in [0.25, 0.3) is 0 Å². The Morgan fingerprint density at radius 3 is 1.39 bits per heavy atom. The van der Waals surface area contributed by atoms with Gasteiger partial charge in [0.1, 0.15) is 24.7 Å². The topological polar surface area (TPSA) is 95.1 Å². The van der Waals surface area contributed by atoms with Crippen LogP contribution in [0.1, 0.15) is 33.1 Å². The van der Waals surface area contributed by atoms with Crippen LogP contribution in [0.15, 0.2) is 48.5 Å². The van der Waals surface area contributed by atoms with Crippen molar-refractivity contribution in [3.63, 3.8) is 0 Å². The van der Waals surface area contributed by atoms with Crippen molar-refractivity contribution in [3.05, 3.63) is 48.5 Å². The summed E-state index contributed by atoms with van der Waals surface area (Å²) in [5.74, 6) is 1.16. The molecule has 0 atom stereocenters. The van der Waals surface area contributed by atoms with Crippen LogP contribution in [0.4, 0.5) is 11.4 Å². The molecule has 2 aromatic rings. The van der Waals surface area contributed by atoms with E-state index in [0.29, 0.717) is 57.4 Å². The van der Waals surface area contributed by atoms with E-state index in [2.05, 4.69) is 10.6 Å². The second-order valence-corrected chi connectivity index (χ2v) is 7.09. The van der Waals surface area contributed by atoms with Crippen LogP contribution in [-0.2, 0) is 19.1 Å². The first-order valence-corrected chi connectivity index (χ1v) is 11.3. The van der Waals surface area contributed by atoms with Crippen LogP contribution in [0.25, 0.3) is 0 Å². The minimum atomic E-state index is -0.138. The van der Waals surface area contributed by atoms with Gasteiger partial charge in [-0.05, 0) is 68.8 Å². The second-order valence-electron chi connectivity index (χ2n) is 7.09. The fourth-order valence-electron chi connectivity index (χ4n) is 2.85. The van der Waals surface area contributed by atoms with Crippen molar-refractivity contribution in [2.24, 2.45) is 0 Å². The van der Waals surface area contributed by atoms with Crippen molar-refractivity contribution in [1.82, 2.24) is 0 Å². The van der Waals surface area contributed by atoms with E-state index in [4.69, 9.17) is 18.9 Å². The molecule has 180 valence electrons. The van der Waals surface area contributed by atoms with Crippen molar-refractivity contribution >= 4 is 23.2 Å². The summed E-state index contributed by atoms with van der Waals surface area (Å²) in [6, 6.07) is 14.3. The summed E-state index contributed by atoms with van der Waals surface area (Å²) in [7, 11) is 0. The Labute approximate surface area is 195 Å². The Balaban J connectivity index is 1.62. The maximum absolute atomic E-state index is 12.1. The van der Waals surface area contributed by atoms with Crippen LogP contribution in [0.5, 0.6) is 11.5 Å². The zero-order valence-electron chi connectivity index (χ0n) is 19.4. The highest BCUT2D eigenvalue weighted by Crippen LogP contribution is 2.17. The third-order valence-corrected chi connectivity index (χ3v) is 4.48. The molecule has 2 rings (SSSR count). The van der Waals surface area contributed by atoms with Crippen LogP contribution in [0.3, 0.4) is 0 Å². The molecule has 0 aromatic heterocycles. The number of carbonyl (C=O) groups excluding carboxylic acids is 2. The molecule has 2 aromatic carbocycles. The highest BCUT2D eigenvalue weighted by Gasteiger charge is 2.07. The number of ether oxygens (including phenoxy) is 4. The van der Waals surface area contributed by atoms with Crippen LogP contribution in [-0.4, -0.2) is 51.5 Å². The smallest absolute Gasteiger partial charge is 0.224 e. The highest BCUT2D eigenvalue weighted by molar-refractivity contribution is 5.93. The van der Waals surface area contributed by atoms with Gasteiger partial charge in [0.05, 0.1) is 13.2 Å². The zero-order chi connectivity index (χ0) is 23.7. The van der Waals surface area contributed by atoms with Gasteiger partial charge in [-0.25, -0.2) is 0 Å². The van der Waals surface area contributed by atoms with Crippen LogP contribution in [0.2, 0.25) is 0 Å². The summed E-state index contributed by atoms with van der Waals surface area (Å²) in [4.78, 5) is 24.3. The van der Waals surface area contributed by atoms with Gasteiger partial charge in [-0.15, -0.1) is 0 Å². The van der Waals surface area contributed by atoms with E-state index < -0.39 is 0 Å². The first-order chi connectivity index (χ1) is 16.1. The minimum absolute atomic E-state index is 0.138. The summed E-state index contributed by atoms with van der Waals surface area (Å²) in [5.41, 5.74) is 1.37. The average Bonchev–Trinajstić information content (AvgIpc) is 2.82. The fraction of sp³-hybridized carbons (Fsp3) is 0.440. The van der Waals surface area contributed by atoms with Gasteiger partial charge in [-0.3, -0.25) is 9.59 Å². The molecule has 0 saturated carbocycles. The van der Waals surface area contributed by atoms with E-state index in [9.17, 15) is 9.59 Å². The predicted molar refractivity (Wildman–Crippen MR) is 128 cm³/mol. The van der Waals surface area contributed by atoms with Gasteiger partial charge in [0.2, 0.25) is 11.8 Å². The van der Waals surface area contributed by atoms with Gasteiger partial charge in [0.15, 0.2) is 0 Å². The number of benzene rings is 2. The number of anilines is 2. The summed E-state index contributed by atoms with van der Waals surface area (Å²) >= 11 is 0. The van der Waals surface area contributed by atoms with Gasteiger partial charge in [-0.1, -0.05) is 0 Å². The standard InChI is InChI=1S/C25H34N2O6/c1-3-30-16-18-32-22-12-8-20(9-13-22)26-24(28)6-5-7-25(29)27-21-10-14-23(15-11-21)33-19-17-31-4-2/h8-15H,3-7,16-19H2,1-2H3,(H,26,28)(H,27,29). The molecule has 2 amide bonds. The molecule has 33 heavy (non-hydrogen) atoms. The van der Waals surface area contributed by atoms with Gasteiger partial charge in [-0.2, -0.15) is 0 Å². The zero-order valence-corrected chi connectivity index (χ0v) is 19.4. The second kappa shape index (κ2) is 15.7. The molecule has 0 aliphatic carbocycles. The number of amides is 2. The Morgan fingerprint density at radius 1 is 0.636 bits per heavy atom. The first-order valence-electron chi connectivity index (χ1n) is 11.3. The molecule has 0 radical (unpaired) electrons. The van der Waals surface area contributed by atoms with E-state index in [-0.39, 0.29) is 24.7 Å². The maximum Gasteiger partial charge on any atom is 0.224 e. The van der Waals surface area contributed by atoms with Gasteiger partial charge in [0, 0.05) is 37.4 Å². The van der Waals surface area contributed by atoms with E-state index in [1.807, 2.05) is 13.8 Å². The Kier molecular flexibility index (Phi) is 12.4. The summed E-state index contributed by atoms with van der Waals surface area (Å²) in [6.07, 6.45) is 0.966. The molecule has 0 heterocycles. The number of hydrogen-bond acceptors (Lipinski definition) is 6. The molecule has 0 spiro atoms. The average molecular weight is 459 g/mol. The van der Waals surface area contributed by atoms with Gasteiger partial charge >= 0.3 is 0 Å². The van der Waals surface area contributed by atoms with E-state index >= 15 is 0 Å². The Hall–Kier alpha value is -3.10. The molecule has 0 fully saturated rings. The molecule has 0 bridgehead atoms. The molecule has 0 aliphatic rings. The Bertz CT molecular complexity index is 754. The lowest BCUT2D eigenvalue weighted by atomic mass is 10.2. The molecule has 8 nitrogen and oxygen atoms in total.